The maximum absolute atomic E-state index is 10.8. The number of nitrogens with zero attached hydrogens (tertiary/aromatic N) is 4. The fraction of sp³-hybridized carbons (Fsp3) is 0.615. The number of ether oxygens (including phenoxy) is 1. The molecule has 1 aromatic heterocycles. The van der Waals surface area contributed by atoms with Gasteiger partial charge in [-0.3, -0.25) is 15.0 Å². The van der Waals surface area contributed by atoms with Gasteiger partial charge in [-0.05, 0) is 20.0 Å². The predicted octanol–water partition coefficient (Wildman–Crippen LogP) is 0.817. The van der Waals surface area contributed by atoms with E-state index in [4.69, 9.17) is 4.74 Å². The van der Waals surface area contributed by atoms with E-state index in [-0.39, 0.29) is 11.8 Å². The van der Waals surface area contributed by atoms with Crippen LogP contribution in [0.4, 0.5) is 11.5 Å². The van der Waals surface area contributed by atoms with Crippen LogP contribution in [-0.2, 0) is 4.74 Å². The van der Waals surface area contributed by atoms with E-state index in [1.165, 1.54) is 6.07 Å². The highest BCUT2D eigenvalue weighted by Gasteiger charge is 2.39. The molecule has 3 heterocycles. The minimum Gasteiger partial charge on any atom is -0.373 e. The van der Waals surface area contributed by atoms with Gasteiger partial charge in [0, 0.05) is 25.7 Å². The van der Waals surface area contributed by atoms with Gasteiger partial charge in [0.2, 0.25) is 0 Å². The Labute approximate surface area is 117 Å². The molecule has 2 aliphatic heterocycles. The van der Waals surface area contributed by atoms with Crippen LogP contribution < -0.4 is 4.90 Å². The molecule has 2 saturated heterocycles. The molecule has 1 aromatic rings. The summed E-state index contributed by atoms with van der Waals surface area (Å²) in [6.45, 7) is 5.03. The van der Waals surface area contributed by atoms with E-state index >= 15 is 0 Å². The zero-order valence-electron chi connectivity index (χ0n) is 11.7. The van der Waals surface area contributed by atoms with Gasteiger partial charge in [-0.1, -0.05) is 0 Å². The maximum Gasteiger partial charge on any atom is 0.290 e. The lowest BCUT2D eigenvalue weighted by atomic mass is 10.1. The van der Waals surface area contributed by atoms with Crippen LogP contribution in [0.1, 0.15) is 5.69 Å². The van der Waals surface area contributed by atoms with Gasteiger partial charge < -0.3 is 9.64 Å². The predicted molar refractivity (Wildman–Crippen MR) is 74.0 cm³/mol. The first-order chi connectivity index (χ1) is 9.56. The van der Waals surface area contributed by atoms with Crippen molar-refractivity contribution in [2.24, 2.45) is 0 Å². The highest BCUT2D eigenvalue weighted by Crippen LogP contribution is 2.27. The molecular weight excluding hydrogens is 260 g/mol. The molecule has 108 valence electrons. The van der Waals surface area contributed by atoms with E-state index in [2.05, 4.69) is 21.8 Å². The number of nitro groups is 1. The van der Waals surface area contributed by atoms with Crippen molar-refractivity contribution in [3.8, 4) is 0 Å². The Hall–Kier alpha value is -1.73. The molecule has 2 atom stereocenters. The summed E-state index contributed by atoms with van der Waals surface area (Å²) in [7, 11) is 2.11. The van der Waals surface area contributed by atoms with Gasteiger partial charge in [0.15, 0.2) is 0 Å². The Morgan fingerprint density at radius 3 is 2.90 bits per heavy atom. The third-order valence-electron chi connectivity index (χ3n) is 4.14. The second kappa shape index (κ2) is 4.99. The van der Waals surface area contributed by atoms with Crippen molar-refractivity contribution in [3.05, 3.63) is 27.9 Å². The Morgan fingerprint density at radius 2 is 2.25 bits per heavy atom. The number of morpholine rings is 1. The van der Waals surface area contributed by atoms with Crippen LogP contribution in [-0.4, -0.2) is 60.2 Å². The lowest BCUT2D eigenvalue weighted by molar-refractivity contribution is -0.385. The van der Waals surface area contributed by atoms with E-state index in [9.17, 15) is 10.1 Å². The Balaban J connectivity index is 1.81. The normalized spacial score (nSPS) is 26.6. The first-order valence-electron chi connectivity index (χ1n) is 6.75. The number of pyridine rings is 1. The number of aromatic nitrogens is 1. The number of anilines is 1. The number of hydrogen-bond donors (Lipinski definition) is 0. The van der Waals surface area contributed by atoms with Crippen LogP contribution in [0.25, 0.3) is 0 Å². The van der Waals surface area contributed by atoms with E-state index < -0.39 is 4.92 Å². The van der Waals surface area contributed by atoms with Crippen LogP contribution in [0.3, 0.4) is 0 Å². The standard InChI is InChI=1S/C13H18N4O3/c1-9-10(17(18)19)3-4-13(14-9)16-7-11-12(8-16)20-6-5-15(11)2/h3-4,11-12H,5-8H2,1-2H3. The second-order valence-corrected chi connectivity index (χ2v) is 5.39. The largest absolute Gasteiger partial charge is 0.373 e. The molecule has 0 spiro atoms. The molecule has 0 bridgehead atoms. The minimum absolute atomic E-state index is 0.0683. The van der Waals surface area contributed by atoms with Crippen LogP contribution in [0.5, 0.6) is 0 Å². The lowest BCUT2D eigenvalue weighted by Crippen LogP contribution is -2.48. The first kappa shape index (κ1) is 13.3. The summed E-state index contributed by atoms with van der Waals surface area (Å²) < 4.78 is 5.80. The molecule has 0 amide bonds. The smallest absolute Gasteiger partial charge is 0.290 e. The number of aryl methyl sites for hydroxylation is 1. The van der Waals surface area contributed by atoms with Gasteiger partial charge in [0.1, 0.15) is 11.5 Å². The van der Waals surface area contributed by atoms with Crippen LogP contribution in [0.2, 0.25) is 0 Å². The fourth-order valence-corrected chi connectivity index (χ4v) is 2.95. The highest BCUT2D eigenvalue weighted by molar-refractivity contribution is 5.48. The highest BCUT2D eigenvalue weighted by atomic mass is 16.6. The number of fused-ring (bicyclic) bond motifs is 1. The van der Waals surface area contributed by atoms with Gasteiger partial charge in [-0.25, -0.2) is 4.98 Å². The summed E-state index contributed by atoms with van der Waals surface area (Å²) in [5.41, 5.74) is 0.523. The first-order valence-corrected chi connectivity index (χ1v) is 6.75. The van der Waals surface area contributed by atoms with E-state index in [0.717, 1.165) is 32.1 Å². The molecule has 20 heavy (non-hydrogen) atoms. The summed E-state index contributed by atoms with van der Waals surface area (Å²) in [6.07, 6.45) is 0.200. The molecule has 7 nitrogen and oxygen atoms in total. The summed E-state index contributed by atoms with van der Waals surface area (Å²) in [5.74, 6) is 0.791. The summed E-state index contributed by atoms with van der Waals surface area (Å²) in [6, 6.07) is 3.63. The second-order valence-electron chi connectivity index (χ2n) is 5.39. The van der Waals surface area contributed by atoms with Crippen molar-refractivity contribution in [2.75, 3.05) is 38.2 Å². The molecule has 0 saturated carbocycles. The van der Waals surface area contributed by atoms with Gasteiger partial charge in [-0.15, -0.1) is 0 Å². The third-order valence-corrected chi connectivity index (χ3v) is 4.14. The zero-order valence-corrected chi connectivity index (χ0v) is 11.7. The average molecular weight is 278 g/mol. The quantitative estimate of drug-likeness (QED) is 0.589. The molecule has 0 aromatic carbocycles. The molecule has 2 fully saturated rings. The monoisotopic (exact) mass is 278 g/mol. The molecule has 0 aliphatic carbocycles. The number of hydrogen-bond acceptors (Lipinski definition) is 6. The summed E-state index contributed by atoms with van der Waals surface area (Å²) in [5, 5.41) is 10.8. The maximum atomic E-state index is 10.8. The average Bonchev–Trinajstić information content (AvgIpc) is 2.83. The number of rotatable bonds is 2. The Bertz CT molecular complexity index is 536. The molecule has 7 heteroatoms. The summed E-state index contributed by atoms with van der Waals surface area (Å²) >= 11 is 0. The lowest BCUT2D eigenvalue weighted by Gasteiger charge is -2.33. The minimum atomic E-state index is -0.396. The fourth-order valence-electron chi connectivity index (χ4n) is 2.95. The Morgan fingerprint density at radius 1 is 1.45 bits per heavy atom. The van der Waals surface area contributed by atoms with Gasteiger partial charge >= 0.3 is 0 Å². The molecule has 0 N–H and O–H groups in total. The van der Waals surface area contributed by atoms with Crippen molar-refractivity contribution in [1.29, 1.82) is 0 Å². The summed E-state index contributed by atoms with van der Waals surface area (Å²) in [4.78, 5) is 19.3. The van der Waals surface area contributed by atoms with Crippen LogP contribution >= 0.6 is 0 Å². The van der Waals surface area contributed by atoms with E-state index in [1.807, 2.05) is 0 Å². The van der Waals surface area contributed by atoms with Crippen molar-refractivity contribution >= 4 is 11.5 Å². The third kappa shape index (κ3) is 2.23. The van der Waals surface area contributed by atoms with Crippen molar-refractivity contribution < 1.29 is 9.66 Å². The van der Waals surface area contributed by atoms with Gasteiger partial charge in [0.05, 0.1) is 23.7 Å². The SMILES string of the molecule is Cc1nc(N2CC3OCCN(C)C3C2)ccc1[N+](=O)[O-]. The molecule has 0 radical (unpaired) electrons. The van der Waals surface area contributed by atoms with Gasteiger partial charge in [-0.2, -0.15) is 0 Å². The van der Waals surface area contributed by atoms with E-state index in [1.54, 1.807) is 13.0 Å². The zero-order chi connectivity index (χ0) is 14.3. The van der Waals surface area contributed by atoms with Gasteiger partial charge in [0.25, 0.3) is 5.69 Å². The molecule has 2 aliphatic rings. The van der Waals surface area contributed by atoms with E-state index in [0.29, 0.717) is 11.7 Å². The topological polar surface area (TPSA) is 71.7 Å². The van der Waals surface area contributed by atoms with Crippen LogP contribution in [0.15, 0.2) is 12.1 Å². The van der Waals surface area contributed by atoms with Crippen molar-refractivity contribution in [3.63, 3.8) is 0 Å². The molecule has 3 rings (SSSR count). The molecular formula is C13H18N4O3. The van der Waals surface area contributed by atoms with Crippen molar-refractivity contribution in [2.45, 2.75) is 19.1 Å². The van der Waals surface area contributed by atoms with Crippen molar-refractivity contribution in [1.82, 2.24) is 9.88 Å². The number of likely N-dealkylation sites (N-methyl/N-ethyl adjacent to an activating group) is 1. The molecule has 2 unspecified atom stereocenters. The van der Waals surface area contributed by atoms with Crippen LogP contribution in [0, 0.1) is 17.0 Å². The Kier molecular flexibility index (Phi) is 3.31.